The van der Waals surface area contributed by atoms with Gasteiger partial charge in [0.15, 0.2) is 0 Å². The van der Waals surface area contributed by atoms with Crippen LogP contribution >= 0.6 is 11.8 Å². The van der Waals surface area contributed by atoms with Crippen molar-refractivity contribution in [1.82, 2.24) is 37.2 Å². The van der Waals surface area contributed by atoms with Crippen molar-refractivity contribution in [3.8, 4) is 5.75 Å². The Balaban J connectivity index is 2.95. The van der Waals surface area contributed by atoms with Gasteiger partial charge in [-0.2, -0.15) is 11.8 Å². The van der Waals surface area contributed by atoms with E-state index in [4.69, 9.17) is 16.2 Å². The Labute approximate surface area is 402 Å². The molecule has 0 heterocycles. The summed E-state index contributed by atoms with van der Waals surface area (Å²) in [6.07, 6.45) is 0.666. The van der Waals surface area contributed by atoms with Gasteiger partial charge in [-0.1, -0.05) is 41.0 Å². The second-order valence-electron chi connectivity index (χ2n) is 16.8. The van der Waals surface area contributed by atoms with Gasteiger partial charge in [0.2, 0.25) is 17.7 Å². The van der Waals surface area contributed by atoms with Gasteiger partial charge < -0.3 is 32.1 Å². The number of hydrogen-bond acceptors (Lipinski definition) is 14. The molecule has 0 aliphatic heterocycles. The molecule has 24 heteroatoms. The molecule has 0 unspecified atom stereocenters. The van der Waals surface area contributed by atoms with Crippen LogP contribution in [0.5, 0.6) is 5.75 Å². The predicted molar refractivity (Wildman–Crippen MR) is 252 cm³/mol. The number of ether oxygens (including phenoxy) is 1. The zero-order valence-corrected chi connectivity index (χ0v) is 41.8. The fourth-order valence-corrected chi connectivity index (χ4v) is 8.71. The number of nitrogens with two attached hydrogens (primary N) is 2. The summed E-state index contributed by atoms with van der Waals surface area (Å²) in [5, 5.41) is 47.0. The largest absolute Gasteiger partial charge is 0.480 e. The summed E-state index contributed by atoms with van der Waals surface area (Å²) in [5.74, 6) is -8.00. The van der Waals surface area contributed by atoms with Gasteiger partial charge in [0.1, 0.15) is 24.2 Å². The van der Waals surface area contributed by atoms with Gasteiger partial charge in [-0.3, -0.25) is 19.2 Å². The van der Waals surface area contributed by atoms with Crippen molar-refractivity contribution >= 4 is 80.0 Å². The molecule has 0 aromatic heterocycles. The molecule has 0 spiro atoms. The van der Waals surface area contributed by atoms with Gasteiger partial charge in [0.25, 0.3) is 0 Å². The average molecular weight is 1030 g/mol. The van der Waals surface area contributed by atoms with Gasteiger partial charge >= 0.3 is 204 Å². The Kier molecular flexibility index (Phi) is 27.9. The van der Waals surface area contributed by atoms with Crippen LogP contribution in [0.4, 0.5) is 0 Å². The van der Waals surface area contributed by atoms with Crippen LogP contribution in [0.15, 0.2) is 24.3 Å². The molecular weight excluding hydrogens is 962 g/mol. The molecular formula is C43H71N9O13SSe. The van der Waals surface area contributed by atoms with Crippen LogP contribution in [-0.2, 0) is 48.5 Å². The Morgan fingerprint density at radius 1 is 0.761 bits per heavy atom. The van der Waals surface area contributed by atoms with Gasteiger partial charge in [0, 0.05) is 10.5 Å². The summed E-state index contributed by atoms with van der Waals surface area (Å²) in [5.41, 5.74) is 12.7. The zero-order chi connectivity index (χ0) is 50.9. The number of benzene rings is 1. The molecule has 0 bridgehead atoms. The van der Waals surface area contributed by atoms with E-state index in [0.717, 1.165) is 5.56 Å². The minimum absolute atomic E-state index is 0.0491. The van der Waals surface area contributed by atoms with E-state index in [-0.39, 0.29) is 38.3 Å². The first-order valence-electron chi connectivity index (χ1n) is 21.9. The van der Waals surface area contributed by atoms with E-state index < -0.39 is 121 Å². The van der Waals surface area contributed by atoms with E-state index in [1.165, 1.54) is 18.7 Å². The molecule has 0 saturated heterocycles. The van der Waals surface area contributed by atoms with Crippen LogP contribution in [0.1, 0.15) is 85.6 Å². The number of rotatable bonds is 32. The number of aliphatic hydroxyl groups excluding tert-OH is 1. The first-order chi connectivity index (χ1) is 31.5. The second kappa shape index (κ2) is 31.1. The molecule has 0 saturated carbocycles. The maximum Gasteiger partial charge on any atom is 0.326 e. The smallest absolute Gasteiger partial charge is 0.326 e. The summed E-state index contributed by atoms with van der Waals surface area (Å²) in [6.45, 7) is 9.10. The molecule has 378 valence electrons. The Hall–Kier alpha value is -5.00. The molecule has 8 atom stereocenters. The standard InChI is InChI=1S/C43H71N9O13SSe/c1-8-24(2)35(42(63)64)52-40(61)29(11-9-10-18-44)49-41(62)32(21-66-43(4,5)6)51-36(57)25(3)47-33(54)19-46-38(59)31(20-53)50-39(60)30(16-17-34(55)56)48-37(58)28(45)23-67-22-26-12-14-27(65-7)15-13-26/h12-15,24-25,28-32,35,53H,8-11,16-23,44-45H2,1-7H3,(H,46,59)(H,47,54)(H,48,58)(H,49,62)(H,50,60)(H,51,57)(H,52,61)(H,55,56)(H,63,64)/t24-,25-,28-,29-,30-,31-,32-,35-/m0/s1. The normalized spacial score (nSPS) is 14.8. The van der Waals surface area contributed by atoms with E-state index in [1.807, 2.05) is 45.0 Å². The number of methoxy groups -OCH3 is 1. The predicted octanol–water partition coefficient (Wildman–Crippen LogP) is -1.66. The SMILES string of the molecule is CC[C@H](C)[C@H](NC(=O)[C@H](CCCCN)NC(=O)[C@H](CSC(C)(C)C)NC(=O)[C@H](C)NC(=O)CNC(=O)[C@H](CO)NC(=O)[C@H](CCC(=O)O)NC(=O)[C@@H](N)C[Se]Cc1ccc(OC)cc1)C(=O)O. The number of carboxylic acids is 2. The van der Waals surface area contributed by atoms with Crippen LogP contribution in [0.3, 0.4) is 0 Å². The maximum absolute atomic E-state index is 13.7. The molecule has 0 aliphatic rings. The minimum Gasteiger partial charge on any atom is -0.480 e. The summed E-state index contributed by atoms with van der Waals surface area (Å²) >= 11 is 1.23. The van der Waals surface area contributed by atoms with Crippen molar-refractivity contribution in [2.75, 3.05) is 32.6 Å². The number of amides is 7. The molecule has 14 N–H and O–H groups in total. The number of aliphatic hydroxyl groups is 1. The first kappa shape index (κ1) is 60.0. The summed E-state index contributed by atoms with van der Waals surface area (Å²) in [4.78, 5) is 116. The summed E-state index contributed by atoms with van der Waals surface area (Å²) in [6, 6.07) is -1.57. The Bertz CT molecular complexity index is 1810. The third-order valence-corrected chi connectivity index (χ3v) is 13.8. The third-order valence-electron chi connectivity index (χ3n) is 10.0. The summed E-state index contributed by atoms with van der Waals surface area (Å²) in [7, 11) is 1.55. The molecule has 1 aromatic carbocycles. The molecule has 7 amide bonds. The molecule has 0 aliphatic carbocycles. The number of thioether (sulfide) groups is 1. The fourth-order valence-electron chi connectivity index (χ4n) is 5.82. The number of hydrogen-bond donors (Lipinski definition) is 12. The number of aliphatic carboxylic acids is 2. The van der Waals surface area contributed by atoms with Crippen LogP contribution in [0.2, 0.25) is 5.32 Å². The van der Waals surface area contributed by atoms with Crippen molar-refractivity contribution in [3.05, 3.63) is 29.8 Å². The van der Waals surface area contributed by atoms with Gasteiger partial charge in [0.05, 0.1) is 0 Å². The minimum atomic E-state index is -1.64. The maximum atomic E-state index is 13.7. The van der Waals surface area contributed by atoms with E-state index in [1.54, 1.807) is 21.0 Å². The van der Waals surface area contributed by atoms with Gasteiger partial charge in [-0.15, -0.1) is 0 Å². The zero-order valence-electron chi connectivity index (χ0n) is 39.3. The molecule has 0 fully saturated rings. The molecule has 1 rings (SSSR count). The first-order valence-corrected chi connectivity index (χ1v) is 25.3. The van der Waals surface area contributed by atoms with Crippen molar-refractivity contribution in [3.63, 3.8) is 0 Å². The summed E-state index contributed by atoms with van der Waals surface area (Å²) < 4.78 is 4.79. The monoisotopic (exact) mass is 1030 g/mol. The third kappa shape index (κ3) is 24.0. The number of nitrogens with one attached hydrogen (secondary N) is 7. The number of carbonyl (C=O) groups is 9. The van der Waals surface area contributed by atoms with E-state index in [0.29, 0.717) is 42.2 Å². The van der Waals surface area contributed by atoms with Crippen molar-refractivity contribution < 1.29 is 63.2 Å². The topological polar surface area (TPSA) is 360 Å². The van der Waals surface area contributed by atoms with Crippen molar-refractivity contribution in [2.45, 2.75) is 138 Å². The molecule has 22 nitrogen and oxygen atoms in total. The molecule has 67 heavy (non-hydrogen) atoms. The number of carbonyl (C=O) groups excluding carboxylic acids is 7. The molecule has 0 radical (unpaired) electrons. The van der Waals surface area contributed by atoms with Gasteiger partial charge in [-0.05, 0) is 38.6 Å². The van der Waals surface area contributed by atoms with Gasteiger partial charge in [-0.25, -0.2) is 4.79 Å². The number of carboxylic acid groups (broad SMARTS) is 2. The van der Waals surface area contributed by atoms with E-state index in [2.05, 4.69) is 37.2 Å². The fraction of sp³-hybridized carbons (Fsp3) is 0.651. The molecule has 1 aromatic rings. The second-order valence-corrected chi connectivity index (χ2v) is 20.8. The van der Waals surface area contributed by atoms with E-state index in [9.17, 15) is 58.5 Å². The Morgan fingerprint density at radius 3 is 1.88 bits per heavy atom. The van der Waals surface area contributed by atoms with Crippen LogP contribution < -0.4 is 53.4 Å². The van der Waals surface area contributed by atoms with Crippen LogP contribution in [0, 0.1) is 5.92 Å². The van der Waals surface area contributed by atoms with Crippen molar-refractivity contribution in [2.24, 2.45) is 17.4 Å². The Morgan fingerprint density at radius 2 is 1.33 bits per heavy atom. The van der Waals surface area contributed by atoms with Crippen molar-refractivity contribution in [1.29, 1.82) is 0 Å². The van der Waals surface area contributed by atoms with Crippen LogP contribution in [-0.4, -0.2) is 163 Å². The quantitative estimate of drug-likeness (QED) is 0.0284. The number of unbranched alkanes of at least 4 members (excludes halogenated alkanes) is 1. The average Bonchev–Trinajstić information content (AvgIpc) is 3.27. The van der Waals surface area contributed by atoms with E-state index >= 15 is 0 Å². The van der Waals surface area contributed by atoms with Crippen LogP contribution in [0.25, 0.3) is 0 Å².